The van der Waals surface area contributed by atoms with E-state index in [2.05, 4.69) is 30.1 Å². The molecule has 0 atom stereocenters. The van der Waals surface area contributed by atoms with Crippen LogP contribution in [0.15, 0.2) is 48.5 Å². The molecule has 5 nitrogen and oxygen atoms in total. The van der Waals surface area contributed by atoms with E-state index in [4.69, 9.17) is 5.11 Å². The van der Waals surface area contributed by atoms with Crippen LogP contribution in [0.2, 0.25) is 0 Å². The number of fused-ring (bicyclic) bond motifs is 1. The van der Waals surface area contributed by atoms with Gasteiger partial charge < -0.3 is 15.0 Å². The zero-order valence-corrected chi connectivity index (χ0v) is 15.9. The van der Waals surface area contributed by atoms with Gasteiger partial charge in [0, 0.05) is 29.7 Å². The van der Waals surface area contributed by atoms with Crippen molar-refractivity contribution >= 4 is 22.8 Å². The molecule has 1 aromatic heterocycles. The molecule has 28 heavy (non-hydrogen) atoms. The molecule has 1 saturated heterocycles. The van der Waals surface area contributed by atoms with Crippen molar-refractivity contribution in [3.05, 3.63) is 70.9 Å². The number of aromatic nitrogens is 1. The lowest BCUT2D eigenvalue weighted by molar-refractivity contribution is -0.131. The van der Waals surface area contributed by atoms with Crippen molar-refractivity contribution in [3.63, 3.8) is 0 Å². The fourth-order valence-corrected chi connectivity index (χ4v) is 4.29. The van der Waals surface area contributed by atoms with Crippen molar-refractivity contribution in [2.45, 2.75) is 32.1 Å². The summed E-state index contributed by atoms with van der Waals surface area (Å²) >= 11 is 0. The second kappa shape index (κ2) is 7.50. The molecule has 2 aromatic carbocycles. The molecule has 0 saturated carbocycles. The molecule has 1 aliphatic heterocycles. The Hall–Kier alpha value is -3.08. The molecule has 1 fully saturated rings. The Morgan fingerprint density at radius 2 is 1.75 bits per heavy atom. The molecule has 2 heterocycles. The number of nitrogens with zero attached hydrogens (tertiary/aromatic N) is 1. The Morgan fingerprint density at radius 1 is 1.07 bits per heavy atom. The van der Waals surface area contributed by atoms with Gasteiger partial charge in [0.1, 0.15) is 0 Å². The van der Waals surface area contributed by atoms with Crippen LogP contribution in [0.3, 0.4) is 0 Å². The number of amides is 1. The normalized spacial score (nSPS) is 15.1. The number of aryl methyl sites for hydroxylation is 1. The number of carbonyl (C=O) groups is 2. The highest BCUT2D eigenvalue weighted by atomic mass is 16.4. The first kappa shape index (κ1) is 18.3. The molecule has 3 aromatic rings. The van der Waals surface area contributed by atoms with Gasteiger partial charge in [-0.3, -0.25) is 4.79 Å². The number of hydrogen-bond acceptors (Lipinski definition) is 2. The zero-order chi connectivity index (χ0) is 19.7. The van der Waals surface area contributed by atoms with Gasteiger partial charge in [-0.2, -0.15) is 0 Å². The average molecular weight is 376 g/mol. The molecule has 0 spiro atoms. The number of aromatic carboxylic acids is 1. The molecule has 1 amide bonds. The topological polar surface area (TPSA) is 73.4 Å². The molecular weight excluding hydrogens is 352 g/mol. The number of carbonyl (C=O) groups excluding carboxylic acids is 1. The van der Waals surface area contributed by atoms with E-state index in [1.54, 1.807) is 24.3 Å². The Labute approximate surface area is 164 Å². The van der Waals surface area contributed by atoms with Crippen LogP contribution in [0.5, 0.6) is 0 Å². The first-order valence-electron chi connectivity index (χ1n) is 9.70. The summed E-state index contributed by atoms with van der Waals surface area (Å²) in [6.07, 6.45) is 2.25. The number of hydrogen-bond donors (Lipinski definition) is 2. The number of H-pyrrole nitrogens is 1. The number of para-hydroxylation sites is 1. The van der Waals surface area contributed by atoms with Gasteiger partial charge in [0.15, 0.2) is 0 Å². The minimum Gasteiger partial charge on any atom is -0.478 e. The molecule has 0 bridgehead atoms. The third-order valence-electron chi connectivity index (χ3n) is 5.76. The molecule has 0 unspecified atom stereocenters. The molecule has 4 rings (SSSR count). The van der Waals surface area contributed by atoms with Gasteiger partial charge in [-0.1, -0.05) is 30.3 Å². The maximum Gasteiger partial charge on any atom is 0.335 e. The minimum absolute atomic E-state index is 0.108. The molecule has 2 N–H and O–H groups in total. The summed E-state index contributed by atoms with van der Waals surface area (Å²) in [5.74, 6) is -0.375. The lowest BCUT2D eigenvalue weighted by atomic mass is 9.87. The summed E-state index contributed by atoms with van der Waals surface area (Å²) in [6.45, 7) is 3.65. The largest absolute Gasteiger partial charge is 0.478 e. The average Bonchev–Trinajstić information content (AvgIpc) is 3.04. The van der Waals surface area contributed by atoms with Gasteiger partial charge in [-0.25, -0.2) is 4.79 Å². The summed E-state index contributed by atoms with van der Waals surface area (Å²) < 4.78 is 0. The Balaban J connectivity index is 1.40. The second-order valence-corrected chi connectivity index (χ2v) is 7.54. The Kier molecular flexibility index (Phi) is 4.90. The van der Waals surface area contributed by atoms with Crippen LogP contribution in [-0.4, -0.2) is 40.0 Å². The number of piperidine rings is 1. The lowest BCUT2D eigenvalue weighted by Crippen LogP contribution is -2.38. The number of benzene rings is 2. The van der Waals surface area contributed by atoms with Crippen molar-refractivity contribution in [3.8, 4) is 0 Å². The highest BCUT2D eigenvalue weighted by molar-refractivity contribution is 5.88. The van der Waals surface area contributed by atoms with E-state index in [1.807, 2.05) is 11.0 Å². The van der Waals surface area contributed by atoms with Crippen molar-refractivity contribution in [2.75, 3.05) is 13.1 Å². The summed E-state index contributed by atoms with van der Waals surface area (Å²) in [6, 6.07) is 15.0. The summed E-state index contributed by atoms with van der Waals surface area (Å²) in [4.78, 5) is 29.0. The molecule has 5 heteroatoms. The molecule has 0 radical (unpaired) electrons. The number of likely N-dealkylation sites (tertiary alicyclic amines) is 1. The highest BCUT2D eigenvalue weighted by Crippen LogP contribution is 2.35. The number of carboxylic acid groups (broad SMARTS) is 1. The summed E-state index contributed by atoms with van der Waals surface area (Å²) in [5, 5.41) is 10.3. The maximum absolute atomic E-state index is 12.7. The zero-order valence-electron chi connectivity index (χ0n) is 15.9. The predicted octanol–water partition coefficient (Wildman–Crippen LogP) is 4.12. The number of nitrogens with one attached hydrogen (secondary N) is 1. The van der Waals surface area contributed by atoms with E-state index in [0.717, 1.165) is 31.5 Å². The molecule has 0 aliphatic carbocycles. The Morgan fingerprint density at radius 3 is 2.43 bits per heavy atom. The van der Waals surface area contributed by atoms with Crippen LogP contribution in [0, 0.1) is 6.92 Å². The second-order valence-electron chi connectivity index (χ2n) is 7.54. The Bertz CT molecular complexity index is 1010. The van der Waals surface area contributed by atoms with Crippen LogP contribution in [0.4, 0.5) is 0 Å². The minimum atomic E-state index is -0.951. The van der Waals surface area contributed by atoms with Gasteiger partial charge in [0.2, 0.25) is 5.91 Å². The van der Waals surface area contributed by atoms with E-state index in [1.165, 1.54) is 22.2 Å². The van der Waals surface area contributed by atoms with Crippen LogP contribution in [0.25, 0.3) is 10.9 Å². The fraction of sp³-hybridized carbons (Fsp3) is 0.304. The van der Waals surface area contributed by atoms with Crippen LogP contribution >= 0.6 is 0 Å². The van der Waals surface area contributed by atoms with Crippen molar-refractivity contribution in [1.29, 1.82) is 0 Å². The molecule has 1 aliphatic rings. The summed E-state index contributed by atoms with van der Waals surface area (Å²) in [7, 11) is 0. The molecular formula is C23H24N2O3. The van der Waals surface area contributed by atoms with Crippen LogP contribution in [0.1, 0.15) is 45.9 Å². The number of carboxylic acids is 1. The third-order valence-corrected chi connectivity index (χ3v) is 5.76. The third kappa shape index (κ3) is 3.52. The predicted molar refractivity (Wildman–Crippen MR) is 109 cm³/mol. The number of aromatic amines is 1. The first-order chi connectivity index (χ1) is 13.5. The monoisotopic (exact) mass is 376 g/mol. The quantitative estimate of drug-likeness (QED) is 0.719. The van der Waals surface area contributed by atoms with E-state index >= 15 is 0 Å². The van der Waals surface area contributed by atoms with Crippen LogP contribution < -0.4 is 0 Å². The maximum atomic E-state index is 12.7. The highest BCUT2D eigenvalue weighted by Gasteiger charge is 2.26. The molecule has 144 valence electrons. The van der Waals surface area contributed by atoms with Crippen LogP contribution in [-0.2, 0) is 11.2 Å². The van der Waals surface area contributed by atoms with E-state index in [0.29, 0.717) is 12.3 Å². The van der Waals surface area contributed by atoms with Gasteiger partial charge in [0.05, 0.1) is 12.0 Å². The van der Waals surface area contributed by atoms with Crippen molar-refractivity contribution in [2.24, 2.45) is 0 Å². The van der Waals surface area contributed by atoms with Gasteiger partial charge in [-0.05, 0) is 55.0 Å². The lowest BCUT2D eigenvalue weighted by Gasteiger charge is -2.32. The van der Waals surface area contributed by atoms with E-state index < -0.39 is 5.97 Å². The first-order valence-corrected chi connectivity index (χ1v) is 9.70. The van der Waals surface area contributed by atoms with Gasteiger partial charge in [-0.15, -0.1) is 0 Å². The number of rotatable bonds is 4. The van der Waals surface area contributed by atoms with Crippen molar-refractivity contribution < 1.29 is 14.7 Å². The standard InChI is InChI=1S/C23H24N2O3/c1-15-22(19-4-2-3-5-20(19)24-15)17-10-12-25(13-11-17)21(26)14-16-6-8-18(9-7-16)23(27)28/h2-9,17,24H,10-14H2,1H3,(H,27,28). The van der Waals surface area contributed by atoms with E-state index in [-0.39, 0.29) is 11.5 Å². The summed E-state index contributed by atoms with van der Waals surface area (Å²) in [5.41, 5.74) is 4.89. The fourth-order valence-electron chi connectivity index (χ4n) is 4.29. The smallest absolute Gasteiger partial charge is 0.335 e. The van der Waals surface area contributed by atoms with Gasteiger partial charge >= 0.3 is 5.97 Å². The van der Waals surface area contributed by atoms with Crippen molar-refractivity contribution in [1.82, 2.24) is 9.88 Å². The van der Waals surface area contributed by atoms with Gasteiger partial charge in [0.25, 0.3) is 0 Å². The SMILES string of the molecule is Cc1[nH]c2ccccc2c1C1CCN(C(=O)Cc2ccc(C(=O)O)cc2)CC1. The van der Waals surface area contributed by atoms with E-state index in [9.17, 15) is 9.59 Å².